The largest absolute Gasteiger partial charge is 0.462 e. The predicted octanol–water partition coefficient (Wildman–Crippen LogP) is 4.50. The Bertz CT molecular complexity index is 576. The summed E-state index contributed by atoms with van der Waals surface area (Å²) in [5.41, 5.74) is 0. The molecule has 0 spiro atoms. The summed E-state index contributed by atoms with van der Waals surface area (Å²) in [6, 6.07) is 0. The third-order valence-electron chi connectivity index (χ3n) is 7.87. The van der Waals surface area contributed by atoms with Crippen molar-refractivity contribution >= 4 is 11.9 Å². The number of carbonyl (C=O) groups is 2. The zero-order valence-corrected chi connectivity index (χ0v) is 18.6. The zero-order chi connectivity index (χ0) is 21.1. The number of hydrogen-bond donors (Lipinski definition) is 1. The van der Waals surface area contributed by atoms with Crippen molar-refractivity contribution in [2.24, 2.45) is 35.5 Å². The summed E-state index contributed by atoms with van der Waals surface area (Å²) in [6.45, 7) is 8.60. The van der Waals surface area contributed by atoms with E-state index in [-0.39, 0.29) is 36.5 Å². The summed E-state index contributed by atoms with van der Waals surface area (Å²) >= 11 is 0. The molecule has 3 aliphatic rings. The summed E-state index contributed by atoms with van der Waals surface area (Å²) < 4.78 is 11.6. The second-order valence-corrected chi connectivity index (χ2v) is 10.2. The van der Waals surface area contributed by atoms with Crippen molar-refractivity contribution in [3.8, 4) is 0 Å². The van der Waals surface area contributed by atoms with Crippen molar-refractivity contribution in [2.75, 3.05) is 0 Å². The van der Waals surface area contributed by atoms with E-state index in [0.29, 0.717) is 36.0 Å². The summed E-state index contributed by atoms with van der Waals surface area (Å²) in [7, 11) is 0. The van der Waals surface area contributed by atoms with Crippen LogP contribution in [0.4, 0.5) is 0 Å². The van der Waals surface area contributed by atoms with Gasteiger partial charge in [-0.1, -0.05) is 34.1 Å². The van der Waals surface area contributed by atoms with Crippen LogP contribution >= 0.6 is 0 Å². The Labute approximate surface area is 175 Å². The molecule has 1 aliphatic heterocycles. The van der Waals surface area contributed by atoms with E-state index >= 15 is 0 Å². The quantitative estimate of drug-likeness (QED) is 0.655. The molecule has 29 heavy (non-hydrogen) atoms. The molecular formula is C24H40O5. The fourth-order valence-corrected chi connectivity index (χ4v) is 6.09. The van der Waals surface area contributed by atoms with Gasteiger partial charge in [0.05, 0.1) is 18.4 Å². The molecule has 2 saturated carbocycles. The minimum absolute atomic E-state index is 0.0116. The number of cyclic esters (lactones) is 1. The molecule has 0 bridgehead atoms. The number of fused-ring (bicyclic) bond motifs is 1. The minimum atomic E-state index is -0.572. The maximum absolute atomic E-state index is 12.6. The predicted molar refractivity (Wildman–Crippen MR) is 111 cm³/mol. The van der Waals surface area contributed by atoms with Gasteiger partial charge in [0.15, 0.2) is 0 Å². The smallest absolute Gasteiger partial charge is 0.308 e. The van der Waals surface area contributed by atoms with Crippen LogP contribution in [-0.2, 0) is 19.1 Å². The first kappa shape index (κ1) is 22.6. The Morgan fingerprint density at radius 1 is 1.21 bits per heavy atom. The average Bonchev–Trinajstić information content (AvgIpc) is 2.65. The van der Waals surface area contributed by atoms with Crippen LogP contribution in [0.25, 0.3) is 0 Å². The number of aliphatic hydroxyl groups excluding tert-OH is 1. The SMILES string of the molecule is CC[C@H](C)C(=O)O[C@H]1C[C@@H](C)CC2CC[C@H](C)[C@H](CC[C@@H]3C[C@@H](O)CC(=O)O3)[C@H]21. The lowest BCUT2D eigenvalue weighted by molar-refractivity contribution is -0.169. The van der Waals surface area contributed by atoms with E-state index in [1.165, 1.54) is 19.3 Å². The Balaban J connectivity index is 1.70. The molecular weight excluding hydrogens is 368 g/mol. The van der Waals surface area contributed by atoms with Crippen molar-refractivity contribution in [2.45, 2.75) is 104 Å². The van der Waals surface area contributed by atoms with Gasteiger partial charge in [-0.15, -0.1) is 0 Å². The lowest BCUT2D eigenvalue weighted by Crippen LogP contribution is -2.48. The van der Waals surface area contributed by atoms with Gasteiger partial charge in [0.1, 0.15) is 12.2 Å². The third-order valence-corrected chi connectivity index (χ3v) is 7.87. The first-order chi connectivity index (χ1) is 13.8. The van der Waals surface area contributed by atoms with Crippen molar-refractivity contribution in [3.63, 3.8) is 0 Å². The summed E-state index contributed by atoms with van der Waals surface area (Å²) in [6.07, 6.45) is 7.13. The third kappa shape index (κ3) is 5.53. The second kappa shape index (κ2) is 9.80. The monoisotopic (exact) mass is 408 g/mol. The molecule has 2 aliphatic carbocycles. The molecule has 3 rings (SSSR count). The second-order valence-electron chi connectivity index (χ2n) is 10.2. The number of rotatable bonds is 6. The molecule has 5 nitrogen and oxygen atoms in total. The Kier molecular flexibility index (Phi) is 7.63. The maximum Gasteiger partial charge on any atom is 0.308 e. The molecule has 1 N–H and O–H groups in total. The highest BCUT2D eigenvalue weighted by molar-refractivity contribution is 5.72. The van der Waals surface area contributed by atoms with Crippen LogP contribution in [0.1, 0.15) is 85.5 Å². The van der Waals surface area contributed by atoms with E-state index in [4.69, 9.17) is 9.47 Å². The van der Waals surface area contributed by atoms with Gasteiger partial charge in [-0.2, -0.15) is 0 Å². The van der Waals surface area contributed by atoms with Gasteiger partial charge in [0, 0.05) is 12.3 Å². The highest BCUT2D eigenvalue weighted by atomic mass is 16.5. The molecule has 166 valence electrons. The van der Waals surface area contributed by atoms with Crippen LogP contribution in [0.3, 0.4) is 0 Å². The molecule has 5 heteroatoms. The zero-order valence-electron chi connectivity index (χ0n) is 18.6. The Hall–Kier alpha value is -1.10. The molecule has 0 aromatic rings. The van der Waals surface area contributed by atoms with Crippen LogP contribution in [0.15, 0.2) is 0 Å². The summed E-state index contributed by atoms with van der Waals surface area (Å²) in [4.78, 5) is 24.3. The molecule has 0 amide bonds. The molecule has 0 radical (unpaired) electrons. The van der Waals surface area contributed by atoms with Gasteiger partial charge in [0.25, 0.3) is 0 Å². The number of carbonyl (C=O) groups excluding carboxylic acids is 2. The standard InChI is InChI=1S/C24H40O5/c1-5-15(3)24(27)29-21-11-14(2)10-17-7-6-16(4)20(23(17)21)9-8-19-12-18(25)13-22(26)28-19/h14-21,23,25H,5-13H2,1-4H3/t14-,15-,16-,17?,18+,19+,20-,21-,23-/m0/s1. The molecule has 1 saturated heterocycles. The van der Waals surface area contributed by atoms with Gasteiger partial charge >= 0.3 is 11.9 Å². The fourth-order valence-electron chi connectivity index (χ4n) is 6.09. The number of esters is 2. The number of ether oxygens (including phenoxy) is 2. The van der Waals surface area contributed by atoms with Gasteiger partial charge in [-0.05, 0) is 62.2 Å². The topological polar surface area (TPSA) is 72.8 Å². The molecule has 0 aromatic carbocycles. The summed E-state index contributed by atoms with van der Waals surface area (Å²) in [5.74, 6) is 2.30. The van der Waals surface area contributed by atoms with E-state index < -0.39 is 6.10 Å². The van der Waals surface area contributed by atoms with Crippen molar-refractivity contribution < 1.29 is 24.2 Å². The maximum atomic E-state index is 12.6. The van der Waals surface area contributed by atoms with Crippen molar-refractivity contribution in [1.82, 2.24) is 0 Å². The number of aliphatic hydroxyl groups is 1. The van der Waals surface area contributed by atoms with Crippen LogP contribution < -0.4 is 0 Å². The van der Waals surface area contributed by atoms with Crippen LogP contribution in [0, 0.1) is 35.5 Å². The van der Waals surface area contributed by atoms with Crippen molar-refractivity contribution in [3.05, 3.63) is 0 Å². The lowest BCUT2D eigenvalue weighted by Gasteiger charge is -2.50. The lowest BCUT2D eigenvalue weighted by atomic mass is 9.58. The molecule has 1 heterocycles. The van der Waals surface area contributed by atoms with Gasteiger partial charge in [-0.25, -0.2) is 0 Å². The van der Waals surface area contributed by atoms with E-state index in [1.54, 1.807) is 0 Å². The van der Waals surface area contributed by atoms with E-state index in [2.05, 4.69) is 13.8 Å². The highest BCUT2D eigenvalue weighted by Gasteiger charge is 2.47. The van der Waals surface area contributed by atoms with Crippen LogP contribution in [0.2, 0.25) is 0 Å². The molecule has 1 unspecified atom stereocenters. The molecule has 9 atom stereocenters. The Morgan fingerprint density at radius 3 is 2.66 bits per heavy atom. The molecule has 3 fully saturated rings. The van der Waals surface area contributed by atoms with Gasteiger partial charge < -0.3 is 14.6 Å². The highest BCUT2D eigenvalue weighted by Crippen LogP contribution is 2.50. The fraction of sp³-hybridized carbons (Fsp3) is 0.917. The average molecular weight is 409 g/mol. The van der Waals surface area contributed by atoms with Crippen LogP contribution in [0.5, 0.6) is 0 Å². The summed E-state index contributed by atoms with van der Waals surface area (Å²) in [5, 5.41) is 9.91. The van der Waals surface area contributed by atoms with Crippen molar-refractivity contribution in [1.29, 1.82) is 0 Å². The number of hydrogen-bond acceptors (Lipinski definition) is 5. The first-order valence-electron chi connectivity index (χ1n) is 11.9. The van der Waals surface area contributed by atoms with E-state index in [1.807, 2.05) is 13.8 Å². The first-order valence-corrected chi connectivity index (χ1v) is 11.9. The van der Waals surface area contributed by atoms with Gasteiger partial charge in [-0.3, -0.25) is 9.59 Å². The molecule has 0 aromatic heterocycles. The van der Waals surface area contributed by atoms with Crippen LogP contribution in [-0.4, -0.2) is 35.4 Å². The van der Waals surface area contributed by atoms with E-state index in [0.717, 1.165) is 25.7 Å². The Morgan fingerprint density at radius 2 is 1.97 bits per heavy atom. The minimum Gasteiger partial charge on any atom is -0.462 e. The van der Waals surface area contributed by atoms with Gasteiger partial charge in [0.2, 0.25) is 0 Å². The normalized spacial score (nSPS) is 41.2. The van der Waals surface area contributed by atoms with E-state index in [9.17, 15) is 14.7 Å².